The number of methoxy groups -OCH3 is 1. The minimum atomic E-state index is 0.295. The first-order chi connectivity index (χ1) is 10.3. The van der Waals surface area contributed by atoms with Crippen LogP contribution < -0.4 is 10.1 Å². The Balaban J connectivity index is 1.71. The molecule has 4 heteroatoms. The van der Waals surface area contributed by atoms with E-state index in [2.05, 4.69) is 33.9 Å². The molecular weight excluding hydrogens is 262 g/mol. The van der Waals surface area contributed by atoms with Crippen LogP contribution in [0.3, 0.4) is 0 Å². The van der Waals surface area contributed by atoms with Gasteiger partial charge in [-0.15, -0.1) is 0 Å². The molecule has 1 atom stereocenters. The van der Waals surface area contributed by atoms with Crippen molar-refractivity contribution in [1.29, 1.82) is 0 Å². The smallest absolute Gasteiger partial charge is 0.123 e. The van der Waals surface area contributed by atoms with E-state index in [0.29, 0.717) is 12.1 Å². The fourth-order valence-corrected chi connectivity index (χ4v) is 2.81. The molecule has 21 heavy (non-hydrogen) atoms. The highest BCUT2D eigenvalue weighted by Gasteiger charge is 2.25. The average molecular weight is 285 g/mol. The molecule has 0 radical (unpaired) electrons. The highest BCUT2D eigenvalue weighted by atomic mass is 16.5. The van der Waals surface area contributed by atoms with E-state index in [4.69, 9.17) is 4.74 Å². The summed E-state index contributed by atoms with van der Waals surface area (Å²) in [4.78, 5) is 4.29. The SMILES string of the molecule is CCC(NCc1cncn1C1CC1)c1ccccc1OC. The molecule has 1 saturated carbocycles. The lowest BCUT2D eigenvalue weighted by molar-refractivity contribution is 0.395. The molecule has 3 rings (SSSR count). The van der Waals surface area contributed by atoms with Gasteiger partial charge in [-0.05, 0) is 25.3 Å². The first-order valence-electron chi connectivity index (χ1n) is 7.70. The van der Waals surface area contributed by atoms with Crippen LogP contribution >= 0.6 is 0 Å². The van der Waals surface area contributed by atoms with Gasteiger partial charge in [0.1, 0.15) is 5.75 Å². The van der Waals surface area contributed by atoms with Crippen molar-refractivity contribution in [1.82, 2.24) is 14.9 Å². The van der Waals surface area contributed by atoms with Gasteiger partial charge in [0.05, 0.1) is 19.1 Å². The maximum Gasteiger partial charge on any atom is 0.123 e. The molecule has 4 nitrogen and oxygen atoms in total. The lowest BCUT2D eigenvalue weighted by Gasteiger charge is -2.20. The Hall–Kier alpha value is -1.81. The number of para-hydroxylation sites is 1. The third kappa shape index (κ3) is 3.10. The molecule has 0 saturated heterocycles. The standard InChI is InChI=1S/C17H23N3O/c1-3-16(15-6-4-5-7-17(15)21-2)19-11-14-10-18-12-20(14)13-8-9-13/h4-7,10,12-13,16,19H,3,8-9,11H2,1-2H3. The van der Waals surface area contributed by atoms with E-state index >= 15 is 0 Å². The molecule has 0 amide bonds. The quantitative estimate of drug-likeness (QED) is 0.846. The maximum atomic E-state index is 5.48. The predicted octanol–water partition coefficient (Wildman–Crippen LogP) is 3.47. The number of nitrogens with zero attached hydrogens (tertiary/aromatic N) is 2. The Morgan fingerprint density at radius 1 is 1.38 bits per heavy atom. The van der Waals surface area contributed by atoms with Crippen LogP contribution in [0.15, 0.2) is 36.8 Å². The molecule has 1 heterocycles. The zero-order valence-corrected chi connectivity index (χ0v) is 12.7. The van der Waals surface area contributed by atoms with E-state index in [1.807, 2.05) is 24.7 Å². The number of nitrogens with one attached hydrogen (secondary N) is 1. The molecule has 1 aromatic heterocycles. The second-order valence-corrected chi connectivity index (χ2v) is 5.61. The van der Waals surface area contributed by atoms with Crippen molar-refractivity contribution in [3.63, 3.8) is 0 Å². The van der Waals surface area contributed by atoms with Crippen LogP contribution in [0.5, 0.6) is 5.75 Å². The van der Waals surface area contributed by atoms with Crippen molar-refractivity contribution >= 4 is 0 Å². The summed E-state index contributed by atoms with van der Waals surface area (Å²) in [7, 11) is 1.73. The number of ether oxygens (including phenoxy) is 1. The maximum absolute atomic E-state index is 5.48. The third-order valence-electron chi connectivity index (χ3n) is 4.14. The van der Waals surface area contributed by atoms with Crippen molar-refractivity contribution in [2.45, 2.75) is 44.8 Å². The summed E-state index contributed by atoms with van der Waals surface area (Å²) in [5.41, 5.74) is 2.49. The van der Waals surface area contributed by atoms with Gasteiger partial charge in [0.2, 0.25) is 0 Å². The molecule has 0 aliphatic heterocycles. The normalized spacial score (nSPS) is 15.9. The number of benzene rings is 1. The molecule has 1 N–H and O–H groups in total. The first-order valence-corrected chi connectivity index (χ1v) is 7.70. The number of imidazole rings is 1. The molecule has 0 spiro atoms. The van der Waals surface area contributed by atoms with Gasteiger partial charge in [0, 0.05) is 30.4 Å². The zero-order chi connectivity index (χ0) is 14.7. The first kappa shape index (κ1) is 14.1. The Bertz CT molecular complexity index is 589. The van der Waals surface area contributed by atoms with Crippen molar-refractivity contribution in [3.8, 4) is 5.75 Å². The summed E-state index contributed by atoms with van der Waals surface area (Å²) in [5.74, 6) is 0.951. The third-order valence-corrected chi connectivity index (χ3v) is 4.14. The molecule has 112 valence electrons. The highest BCUT2D eigenvalue weighted by Crippen LogP contribution is 2.35. The average Bonchev–Trinajstić information content (AvgIpc) is 3.27. The molecule has 0 bridgehead atoms. The summed E-state index contributed by atoms with van der Waals surface area (Å²) in [6, 6.07) is 9.21. The minimum absolute atomic E-state index is 0.295. The summed E-state index contributed by atoms with van der Waals surface area (Å²) >= 11 is 0. The van der Waals surface area contributed by atoms with Gasteiger partial charge in [0.15, 0.2) is 0 Å². The van der Waals surface area contributed by atoms with Crippen LogP contribution in [0.4, 0.5) is 0 Å². The Labute approximate surface area is 126 Å². The molecule has 1 aliphatic rings. The second kappa shape index (κ2) is 6.31. The Morgan fingerprint density at radius 3 is 2.90 bits per heavy atom. The van der Waals surface area contributed by atoms with E-state index in [1.54, 1.807) is 7.11 Å². The van der Waals surface area contributed by atoms with Gasteiger partial charge in [-0.3, -0.25) is 0 Å². The van der Waals surface area contributed by atoms with Crippen LogP contribution in [0.2, 0.25) is 0 Å². The number of hydrogen-bond acceptors (Lipinski definition) is 3. The summed E-state index contributed by atoms with van der Waals surface area (Å²) in [5, 5.41) is 3.65. The molecule has 1 unspecified atom stereocenters. The van der Waals surface area contributed by atoms with Crippen LogP contribution in [-0.2, 0) is 6.54 Å². The Morgan fingerprint density at radius 2 is 2.19 bits per heavy atom. The van der Waals surface area contributed by atoms with E-state index < -0.39 is 0 Å². The molecular formula is C17H23N3O. The second-order valence-electron chi connectivity index (χ2n) is 5.61. The van der Waals surface area contributed by atoms with Gasteiger partial charge in [0.25, 0.3) is 0 Å². The summed E-state index contributed by atoms with van der Waals surface area (Å²) < 4.78 is 7.79. The number of hydrogen-bond donors (Lipinski definition) is 1. The largest absolute Gasteiger partial charge is 0.496 e. The van der Waals surface area contributed by atoms with Crippen LogP contribution in [-0.4, -0.2) is 16.7 Å². The van der Waals surface area contributed by atoms with Gasteiger partial charge in [-0.1, -0.05) is 25.1 Å². The van der Waals surface area contributed by atoms with Gasteiger partial charge < -0.3 is 14.6 Å². The zero-order valence-electron chi connectivity index (χ0n) is 12.7. The highest BCUT2D eigenvalue weighted by molar-refractivity contribution is 5.35. The Kier molecular flexibility index (Phi) is 4.25. The molecule has 1 fully saturated rings. The van der Waals surface area contributed by atoms with Gasteiger partial charge in [-0.25, -0.2) is 4.98 Å². The van der Waals surface area contributed by atoms with Crippen molar-refractivity contribution < 1.29 is 4.74 Å². The van der Waals surface area contributed by atoms with Crippen LogP contribution in [0, 0.1) is 0 Å². The van der Waals surface area contributed by atoms with Gasteiger partial charge in [-0.2, -0.15) is 0 Å². The van der Waals surface area contributed by atoms with Crippen molar-refractivity contribution in [2.75, 3.05) is 7.11 Å². The van der Waals surface area contributed by atoms with Crippen LogP contribution in [0.1, 0.15) is 49.5 Å². The van der Waals surface area contributed by atoms with E-state index in [1.165, 1.54) is 24.1 Å². The van der Waals surface area contributed by atoms with Gasteiger partial charge >= 0.3 is 0 Å². The molecule has 1 aliphatic carbocycles. The van der Waals surface area contributed by atoms with Crippen molar-refractivity contribution in [3.05, 3.63) is 48.0 Å². The molecule has 2 aromatic rings. The lowest BCUT2D eigenvalue weighted by Crippen LogP contribution is -2.22. The van der Waals surface area contributed by atoms with E-state index in [-0.39, 0.29) is 0 Å². The fourth-order valence-electron chi connectivity index (χ4n) is 2.81. The van der Waals surface area contributed by atoms with E-state index in [9.17, 15) is 0 Å². The van der Waals surface area contributed by atoms with Crippen LogP contribution in [0.25, 0.3) is 0 Å². The summed E-state index contributed by atoms with van der Waals surface area (Å²) in [6.45, 7) is 3.04. The minimum Gasteiger partial charge on any atom is -0.496 e. The number of rotatable bonds is 7. The monoisotopic (exact) mass is 285 g/mol. The molecule has 1 aromatic carbocycles. The predicted molar refractivity (Wildman–Crippen MR) is 83.4 cm³/mol. The lowest BCUT2D eigenvalue weighted by atomic mass is 10.0. The van der Waals surface area contributed by atoms with E-state index in [0.717, 1.165) is 18.7 Å². The number of aromatic nitrogens is 2. The van der Waals surface area contributed by atoms with Crippen molar-refractivity contribution in [2.24, 2.45) is 0 Å². The topological polar surface area (TPSA) is 39.1 Å². The summed E-state index contributed by atoms with van der Waals surface area (Å²) in [6.07, 6.45) is 7.52. The fraction of sp³-hybridized carbons (Fsp3) is 0.471.